The van der Waals surface area contributed by atoms with Crippen molar-refractivity contribution >= 4 is 29.1 Å². The van der Waals surface area contributed by atoms with Gasteiger partial charge in [0, 0.05) is 22.7 Å². The number of nitro groups is 1. The number of ether oxygens (including phenoxy) is 1. The number of benzene rings is 3. The maximum atomic E-state index is 13.8. The third-order valence-corrected chi connectivity index (χ3v) is 6.45. The molecule has 3 aromatic carbocycles. The molecule has 5 rings (SSSR count). The Bertz CT molecular complexity index is 1410. The van der Waals surface area contributed by atoms with Gasteiger partial charge >= 0.3 is 0 Å². The number of non-ortho nitro benzene ring substituents is 1. The quantitative estimate of drug-likeness (QED) is 0.281. The van der Waals surface area contributed by atoms with E-state index in [2.05, 4.69) is 10.1 Å². The van der Waals surface area contributed by atoms with Gasteiger partial charge in [0.2, 0.25) is 5.95 Å². The zero-order chi connectivity index (χ0) is 24.5. The molecule has 0 spiro atoms. The molecule has 0 fully saturated rings. The van der Waals surface area contributed by atoms with Crippen LogP contribution < -0.4 is 9.64 Å². The van der Waals surface area contributed by atoms with E-state index in [-0.39, 0.29) is 17.3 Å². The highest BCUT2D eigenvalue weighted by Crippen LogP contribution is 2.44. The first-order valence-corrected chi connectivity index (χ1v) is 11.2. The molecule has 2 unspecified atom stereocenters. The lowest BCUT2D eigenvalue weighted by Crippen LogP contribution is -2.42. The highest BCUT2D eigenvalue weighted by atomic mass is 35.5. The predicted octanol–water partition coefficient (Wildman–Crippen LogP) is 5.23. The third kappa shape index (κ3) is 4.10. The Morgan fingerprint density at radius 3 is 2.57 bits per heavy atom. The van der Waals surface area contributed by atoms with Crippen LogP contribution >= 0.6 is 11.6 Å². The topological polar surface area (TPSA) is 103 Å². The van der Waals surface area contributed by atoms with E-state index in [4.69, 9.17) is 16.3 Å². The van der Waals surface area contributed by atoms with Crippen LogP contribution in [0.1, 0.15) is 40.0 Å². The average Bonchev–Trinajstić information content (AvgIpc) is 3.38. The summed E-state index contributed by atoms with van der Waals surface area (Å²) in [5.74, 6) is 0.604. The van der Waals surface area contributed by atoms with Crippen LogP contribution in [0.25, 0.3) is 0 Å². The molecule has 10 heteroatoms. The van der Waals surface area contributed by atoms with Gasteiger partial charge in [-0.2, -0.15) is 10.1 Å². The number of anilines is 1. The first kappa shape index (κ1) is 22.5. The molecule has 0 N–H and O–H groups in total. The molecule has 1 aliphatic rings. The molecule has 0 aliphatic carbocycles. The third-order valence-electron chi connectivity index (χ3n) is 6.11. The minimum atomic E-state index is -0.524. The van der Waals surface area contributed by atoms with Crippen LogP contribution in [0.3, 0.4) is 0 Å². The number of hydrogen-bond acceptors (Lipinski definition) is 6. The second-order valence-corrected chi connectivity index (χ2v) is 8.46. The molecule has 2 heterocycles. The second-order valence-electron chi connectivity index (χ2n) is 8.05. The van der Waals surface area contributed by atoms with Gasteiger partial charge in [-0.3, -0.25) is 19.8 Å². The highest BCUT2D eigenvalue weighted by Gasteiger charge is 2.40. The summed E-state index contributed by atoms with van der Waals surface area (Å²) in [6.07, 6.45) is 1.86. The molecule has 4 aromatic rings. The van der Waals surface area contributed by atoms with E-state index in [1.807, 2.05) is 48.5 Å². The molecule has 0 saturated carbocycles. The summed E-state index contributed by atoms with van der Waals surface area (Å²) < 4.78 is 6.97. The minimum Gasteiger partial charge on any atom is -0.497 e. The van der Waals surface area contributed by atoms with Crippen molar-refractivity contribution in [3.05, 3.63) is 111 Å². The number of hydrogen-bond donors (Lipinski definition) is 0. The summed E-state index contributed by atoms with van der Waals surface area (Å²) in [5.41, 5.74) is 1.74. The fourth-order valence-corrected chi connectivity index (χ4v) is 4.69. The van der Waals surface area contributed by atoms with Gasteiger partial charge in [0.15, 0.2) is 0 Å². The summed E-state index contributed by atoms with van der Waals surface area (Å²) >= 11 is 6.54. The van der Waals surface area contributed by atoms with Crippen molar-refractivity contribution in [1.82, 2.24) is 14.8 Å². The average molecular weight is 490 g/mol. The number of nitrogens with zero attached hydrogens (tertiary/aromatic N) is 5. The lowest BCUT2D eigenvalue weighted by Gasteiger charge is -2.39. The van der Waals surface area contributed by atoms with Crippen molar-refractivity contribution in [2.24, 2.45) is 0 Å². The highest BCUT2D eigenvalue weighted by molar-refractivity contribution is 6.31. The molecule has 35 heavy (non-hydrogen) atoms. The summed E-state index contributed by atoms with van der Waals surface area (Å²) in [4.78, 5) is 30.6. The number of methoxy groups -OCH3 is 1. The Morgan fingerprint density at radius 1 is 1.09 bits per heavy atom. The fourth-order valence-electron chi connectivity index (χ4n) is 4.43. The van der Waals surface area contributed by atoms with Crippen molar-refractivity contribution in [3.8, 4) is 5.75 Å². The molecule has 0 bridgehead atoms. The van der Waals surface area contributed by atoms with E-state index < -0.39 is 16.9 Å². The fraction of sp³-hybridized carbons (Fsp3) is 0.160. The van der Waals surface area contributed by atoms with Gasteiger partial charge in [0.1, 0.15) is 12.1 Å². The van der Waals surface area contributed by atoms with Crippen LogP contribution in [0.4, 0.5) is 11.6 Å². The number of carbonyl (C=O) groups is 1. The van der Waals surface area contributed by atoms with Crippen molar-refractivity contribution in [3.63, 3.8) is 0 Å². The van der Waals surface area contributed by atoms with E-state index in [1.165, 1.54) is 24.5 Å². The van der Waals surface area contributed by atoms with Gasteiger partial charge in [0.25, 0.3) is 11.6 Å². The Morgan fingerprint density at radius 2 is 1.86 bits per heavy atom. The molecule has 1 aromatic heterocycles. The van der Waals surface area contributed by atoms with Gasteiger partial charge in [-0.05, 0) is 41.8 Å². The van der Waals surface area contributed by atoms with Gasteiger partial charge in [-0.15, -0.1) is 0 Å². The normalized spacial score (nSPS) is 17.0. The van der Waals surface area contributed by atoms with Crippen LogP contribution in [0.15, 0.2) is 79.1 Å². The van der Waals surface area contributed by atoms with Crippen molar-refractivity contribution < 1.29 is 14.5 Å². The number of fused-ring (bicyclic) bond motifs is 1. The number of rotatable bonds is 5. The molecule has 2 atom stereocenters. The van der Waals surface area contributed by atoms with Crippen LogP contribution in [0, 0.1) is 10.1 Å². The van der Waals surface area contributed by atoms with E-state index in [0.717, 1.165) is 11.1 Å². The summed E-state index contributed by atoms with van der Waals surface area (Å²) in [6.45, 7) is 0. The predicted molar refractivity (Wildman–Crippen MR) is 130 cm³/mol. The number of carbonyl (C=O) groups excluding carboxylic acids is 1. The molecule has 1 amide bonds. The minimum absolute atomic E-state index is 0.163. The smallest absolute Gasteiger partial charge is 0.270 e. The van der Waals surface area contributed by atoms with E-state index in [0.29, 0.717) is 23.1 Å². The lowest BCUT2D eigenvalue weighted by atomic mass is 9.91. The van der Waals surface area contributed by atoms with E-state index >= 15 is 0 Å². The van der Waals surface area contributed by atoms with Gasteiger partial charge in [-0.1, -0.05) is 48.0 Å². The molecular weight excluding hydrogens is 470 g/mol. The van der Waals surface area contributed by atoms with Crippen molar-refractivity contribution in [2.75, 3.05) is 12.0 Å². The zero-order valence-electron chi connectivity index (χ0n) is 18.6. The molecule has 0 saturated heterocycles. The maximum absolute atomic E-state index is 13.8. The Labute approximate surface area is 205 Å². The Balaban J connectivity index is 1.65. The monoisotopic (exact) mass is 489 g/mol. The summed E-state index contributed by atoms with van der Waals surface area (Å²) in [5, 5.41) is 16.3. The van der Waals surface area contributed by atoms with E-state index in [1.54, 1.807) is 22.8 Å². The summed E-state index contributed by atoms with van der Waals surface area (Å²) in [6, 6.07) is 19.9. The van der Waals surface area contributed by atoms with Gasteiger partial charge in [-0.25, -0.2) is 4.68 Å². The van der Waals surface area contributed by atoms with Gasteiger partial charge in [0.05, 0.1) is 24.1 Å². The molecule has 1 aliphatic heterocycles. The van der Waals surface area contributed by atoms with Crippen molar-refractivity contribution in [1.29, 1.82) is 0 Å². The SMILES string of the molecule is COc1ccc(C2CC(c3ccccc3Cl)n3ncnc3N2C(=O)c2cccc([N+](=O)[O-])c2)cc1. The summed E-state index contributed by atoms with van der Waals surface area (Å²) in [7, 11) is 1.59. The van der Waals surface area contributed by atoms with Crippen LogP contribution in [-0.2, 0) is 0 Å². The lowest BCUT2D eigenvalue weighted by molar-refractivity contribution is -0.384. The van der Waals surface area contributed by atoms with Crippen LogP contribution in [0.5, 0.6) is 5.75 Å². The number of amides is 1. The number of halogens is 1. The van der Waals surface area contributed by atoms with Crippen LogP contribution in [-0.4, -0.2) is 32.7 Å². The molecule has 176 valence electrons. The molecule has 9 nitrogen and oxygen atoms in total. The standard InChI is InChI=1S/C25H20ClN5O4/c1-35-19-11-9-16(10-12-19)22-14-23(20-7-2-3-8-21(20)26)30-25(27-15-28-30)29(22)24(32)17-5-4-6-18(13-17)31(33)34/h2-13,15,22-23H,14H2,1H3. The molecular formula is C25H20ClN5O4. The zero-order valence-corrected chi connectivity index (χ0v) is 19.4. The largest absolute Gasteiger partial charge is 0.497 e. The van der Waals surface area contributed by atoms with Gasteiger partial charge < -0.3 is 4.74 Å². The van der Waals surface area contributed by atoms with Crippen LogP contribution in [0.2, 0.25) is 5.02 Å². The number of aromatic nitrogens is 3. The number of nitro benzene ring substituents is 1. The maximum Gasteiger partial charge on any atom is 0.270 e. The Kier molecular flexibility index (Phi) is 5.92. The Hall–Kier alpha value is -4.24. The first-order valence-electron chi connectivity index (χ1n) is 10.8. The second kappa shape index (κ2) is 9.19. The molecule has 0 radical (unpaired) electrons. The van der Waals surface area contributed by atoms with E-state index in [9.17, 15) is 14.9 Å². The van der Waals surface area contributed by atoms with Crippen molar-refractivity contribution in [2.45, 2.75) is 18.5 Å². The first-order chi connectivity index (χ1) is 17.0.